The molecule has 0 aromatic carbocycles. The van der Waals surface area contributed by atoms with Gasteiger partial charge in [0, 0.05) is 6.07 Å². The van der Waals surface area contributed by atoms with Crippen LogP contribution in [0, 0.1) is 0 Å². The third kappa shape index (κ3) is 7.35. The van der Waals surface area contributed by atoms with Crippen molar-refractivity contribution in [3.8, 4) is 0 Å². The normalized spacial score (nSPS) is 14.0. The fraction of sp³-hybridized carbons (Fsp3) is 0.588. The second-order valence-electron chi connectivity index (χ2n) is 6.14. The summed E-state index contributed by atoms with van der Waals surface area (Å²) < 4.78 is 5.11. The summed E-state index contributed by atoms with van der Waals surface area (Å²) in [5, 5.41) is 16.6. The smallest absolute Gasteiger partial charge is 0.407 e. The molecule has 1 aromatic heterocycles. The first-order chi connectivity index (χ1) is 13.6. The number of hydrazone groups is 1. The van der Waals surface area contributed by atoms with E-state index in [1.165, 1.54) is 17.4 Å². The van der Waals surface area contributed by atoms with Gasteiger partial charge < -0.3 is 15.4 Å². The van der Waals surface area contributed by atoms with Crippen LogP contribution in [0.4, 0.5) is 10.6 Å². The van der Waals surface area contributed by atoms with Gasteiger partial charge in [0.1, 0.15) is 18.5 Å². The lowest BCUT2D eigenvalue weighted by Gasteiger charge is -2.17. The molecule has 11 heteroatoms. The predicted molar refractivity (Wildman–Crippen MR) is 100 cm³/mol. The van der Waals surface area contributed by atoms with Crippen LogP contribution in [0.2, 0.25) is 0 Å². The van der Waals surface area contributed by atoms with Crippen LogP contribution >= 0.6 is 0 Å². The monoisotopic (exact) mass is 394 g/mol. The van der Waals surface area contributed by atoms with Crippen molar-refractivity contribution in [1.82, 2.24) is 20.7 Å². The lowest BCUT2D eigenvalue weighted by atomic mass is 10.1. The summed E-state index contributed by atoms with van der Waals surface area (Å²) in [6.45, 7) is 3.23. The molecule has 0 fully saturated rings. The van der Waals surface area contributed by atoms with E-state index in [4.69, 9.17) is 9.57 Å². The number of hydroxylamine groups is 1. The standard InChI is InChI=1S/C17H26N6O5/c1-2-3-6-13(15(24)16(25)21-14-7-8-18-22-14)20-17(26)27-11-5-4-10-23-19-9-12-28-23/h7-9,13H,2-6,10-12H2,1H3,(H,20,26)(H2,18,21,22,25)/t13-/m0/s1. The predicted octanol–water partition coefficient (Wildman–Crippen LogP) is 1.22. The number of amides is 2. The second-order valence-corrected chi connectivity index (χ2v) is 6.14. The van der Waals surface area contributed by atoms with Crippen molar-refractivity contribution in [3.05, 3.63) is 12.3 Å². The number of hydrogen-bond acceptors (Lipinski definition) is 8. The Kier molecular flexibility index (Phi) is 8.92. The Morgan fingerprint density at radius 1 is 1.36 bits per heavy atom. The first-order valence-electron chi connectivity index (χ1n) is 9.31. The molecular formula is C17H26N6O5. The van der Waals surface area contributed by atoms with Crippen molar-refractivity contribution in [2.24, 2.45) is 5.10 Å². The van der Waals surface area contributed by atoms with Gasteiger partial charge in [0.2, 0.25) is 5.78 Å². The fourth-order valence-corrected chi connectivity index (χ4v) is 2.44. The second kappa shape index (κ2) is 11.7. The van der Waals surface area contributed by atoms with Crippen molar-refractivity contribution in [3.63, 3.8) is 0 Å². The number of H-pyrrole nitrogens is 1. The number of ketones is 1. The minimum absolute atomic E-state index is 0.193. The van der Waals surface area contributed by atoms with Crippen molar-refractivity contribution in [2.45, 2.75) is 45.1 Å². The molecule has 2 heterocycles. The molecular weight excluding hydrogens is 368 g/mol. The van der Waals surface area contributed by atoms with E-state index in [-0.39, 0.29) is 6.61 Å². The Morgan fingerprint density at radius 3 is 2.89 bits per heavy atom. The number of nitrogens with zero attached hydrogens (tertiary/aromatic N) is 3. The Labute approximate surface area is 162 Å². The minimum atomic E-state index is -0.942. The fourth-order valence-electron chi connectivity index (χ4n) is 2.44. The van der Waals surface area contributed by atoms with E-state index in [0.29, 0.717) is 38.2 Å². The van der Waals surface area contributed by atoms with Crippen LogP contribution in [0.25, 0.3) is 0 Å². The number of unbranched alkanes of at least 4 members (excludes halogenated alkanes) is 2. The van der Waals surface area contributed by atoms with Gasteiger partial charge in [-0.25, -0.2) is 4.79 Å². The van der Waals surface area contributed by atoms with Crippen LogP contribution in [0.15, 0.2) is 17.4 Å². The number of aromatic nitrogens is 2. The van der Waals surface area contributed by atoms with Crippen LogP contribution < -0.4 is 10.6 Å². The molecule has 0 saturated heterocycles. The number of carbonyl (C=O) groups excluding carboxylic acids is 3. The van der Waals surface area contributed by atoms with E-state index in [1.54, 1.807) is 6.21 Å². The number of hydrogen-bond donors (Lipinski definition) is 3. The van der Waals surface area contributed by atoms with Crippen LogP contribution in [0.1, 0.15) is 39.0 Å². The molecule has 1 aromatic rings. The number of aromatic amines is 1. The van der Waals surface area contributed by atoms with Crippen LogP contribution in [-0.2, 0) is 19.2 Å². The number of alkyl carbamates (subject to hydrolysis) is 1. The molecule has 0 saturated carbocycles. The zero-order valence-electron chi connectivity index (χ0n) is 15.8. The average molecular weight is 394 g/mol. The maximum absolute atomic E-state index is 12.4. The highest BCUT2D eigenvalue weighted by Gasteiger charge is 2.27. The van der Waals surface area contributed by atoms with Gasteiger partial charge in [-0.15, -0.1) is 0 Å². The van der Waals surface area contributed by atoms with E-state index >= 15 is 0 Å². The molecule has 1 aliphatic rings. The molecule has 0 aliphatic carbocycles. The van der Waals surface area contributed by atoms with Crippen molar-refractivity contribution in [2.75, 3.05) is 25.1 Å². The largest absolute Gasteiger partial charge is 0.450 e. The number of ether oxygens (including phenoxy) is 1. The molecule has 0 unspecified atom stereocenters. The van der Waals surface area contributed by atoms with E-state index < -0.39 is 23.8 Å². The average Bonchev–Trinajstić information content (AvgIpc) is 3.38. The summed E-state index contributed by atoms with van der Waals surface area (Å²) in [5.41, 5.74) is 0. The van der Waals surface area contributed by atoms with Gasteiger partial charge in [-0.2, -0.15) is 15.4 Å². The third-order valence-corrected chi connectivity index (χ3v) is 3.91. The summed E-state index contributed by atoms with van der Waals surface area (Å²) in [5.74, 6) is -1.25. The van der Waals surface area contributed by atoms with E-state index in [9.17, 15) is 14.4 Å². The van der Waals surface area contributed by atoms with Gasteiger partial charge in [0.25, 0.3) is 5.91 Å². The number of anilines is 1. The summed E-state index contributed by atoms with van der Waals surface area (Å²) in [6.07, 6.45) is 5.61. The Bertz CT molecular complexity index is 663. The highest BCUT2D eigenvalue weighted by molar-refractivity contribution is 6.42. The Morgan fingerprint density at radius 2 is 2.21 bits per heavy atom. The molecule has 1 aliphatic heterocycles. The molecule has 154 valence electrons. The lowest BCUT2D eigenvalue weighted by Crippen LogP contribution is -2.46. The highest BCUT2D eigenvalue weighted by atomic mass is 16.7. The summed E-state index contributed by atoms with van der Waals surface area (Å²) in [7, 11) is 0. The minimum Gasteiger partial charge on any atom is -0.450 e. The highest BCUT2D eigenvalue weighted by Crippen LogP contribution is 2.06. The number of Topliss-reactive ketones (excluding diaryl/α,β-unsaturated/α-hetero) is 1. The van der Waals surface area contributed by atoms with Crippen LogP contribution in [0.3, 0.4) is 0 Å². The summed E-state index contributed by atoms with van der Waals surface area (Å²) in [6, 6.07) is 0.578. The summed E-state index contributed by atoms with van der Waals surface area (Å²) in [4.78, 5) is 41.6. The maximum atomic E-state index is 12.4. The SMILES string of the molecule is CCCC[C@H](NC(=O)OCCCCN1N=CCO1)C(=O)C(=O)Nc1ccn[nH]1. The van der Waals surface area contributed by atoms with Gasteiger partial charge >= 0.3 is 6.09 Å². The number of rotatable bonds is 12. The van der Waals surface area contributed by atoms with Gasteiger partial charge in [0.05, 0.1) is 25.6 Å². The maximum Gasteiger partial charge on any atom is 0.407 e. The molecule has 28 heavy (non-hydrogen) atoms. The van der Waals surface area contributed by atoms with Gasteiger partial charge in [0.15, 0.2) is 0 Å². The Hall–Kier alpha value is -2.95. The molecule has 2 amide bonds. The van der Waals surface area contributed by atoms with Crippen molar-refractivity contribution in [1.29, 1.82) is 0 Å². The third-order valence-electron chi connectivity index (χ3n) is 3.91. The zero-order valence-corrected chi connectivity index (χ0v) is 15.8. The van der Waals surface area contributed by atoms with E-state index in [0.717, 1.165) is 12.8 Å². The summed E-state index contributed by atoms with van der Waals surface area (Å²) >= 11 is 0. The number of nitrogens with one attached hydrogen (secondary N) is 3. The van der Waals surface area contributed by atoms with E-state index in [2.05, 4.69) is 25.9 Å². The zero-order chi connectivity index (χ0) is 20.2. The van der Waals surface area contributed by atoms with Gasteiger partial charge in [-0.1, -0.05) is 19.8 Å². The number of carbonyl (C=O) groups is 3. The molecule has 1 atom stereocenters. The molecule has 3 N–H and O–H groups in total. The molecule has 0 radical (unpaired) electrons. The topological polar surface area (TPSA) is 138 Å². The first kappa shape index (κ1) is 21.4. The quantitative estimate of drug-likeness (QED) is 0.358. The molecule has 0 spiro atoms. The molecule has 11 nitrogen and oxygen atoms in total. The van der Waals surface area contributed by atoms with Crippen LogP contribution in [-0.4, -0.2) is 65.2 Å². The van der Waals surface area contributed by atoms with Gasteiger partial charge in [-0.3, -0.25) is 19.5 Å². The first-order valence-corrected chi connectivity index (χ1v) is 9.31. The van der Waals surface area contributed by atoms with Crippen LogP contribution in [0.5, 0.6) is 0 Å². The Balaban J connectivity index is 1.72. The molecule has 0 bridgehead atoms. The molecule has 2 rings (SSSR count). The van der Waals surface area contributed by atoms with Gasteiger partial charge in [-0.05, 0) is 19.3 Å². The van der Waals surface area contributed by atoms with E-state index in [1.807, 2.05) is 6.92 Å². The lowest BCUT2D eigenvalue weighted by molar-refractivity contribution is -0.136. The van der Waals surface area contributed by atoms with Crippen molar-refractivity contribution < 1.29 is 24.0 Å². The van der Waals surface area contributed by atoms with Crippen molar-refractivity contribution >= 4 is 29.8 Å².